The van der Waals surface area contributed by atoms with Crippen LogP contribution >= 0.6 is 11.6 Å². The molecule has 166 valence electrons. The van der Waals surface area contributed by atoms with Gasteiger partial charge in [0.25, 0.3) is 0 Å². The van der Waals surface area contributed by atoms with Gasteiger partial charge in [-0.25, -0.2) is 4.79 Å². The third kappa shape index (κ3) is 5.79. The van der Waals surface area contributed by atoms with Gasteiger partial charge in [0, 0.05) is 62.9 Å². The lowest BCUT2D eigenvalue weighted by Gasteiger charge is -2.38. The summed E-state index contributed by atoms with van der Waals surface area (Å²) in [4.78, 5) is 17.4. The Hall–Kier alpha value is -2.08. The predicted octanol–water partition coefficient (Wildman–Crippen LogP) is 4.31. The molecule has 2 aliphatic rings. The SMILES string of the molecule is O=C(NCC1(c2ccccc2)CCOCC1)N1CCCN(Cc2ccc(Cl)cc2)CC1. The maximum Gasteiger partial charge on any atom is 0.317 e. The first kappa shape index (κ1) is 22.1. The fourth-order valence-electron chi connectivity index (χ4n) is 4.66. The minimum Gasteiger partial charge on any atom is -0.381 e. The summed E-state index contributed by atoms with van der Waals surface area (Å²) < 4.78 is 5.62. The normalized spacial score (nSPS) is 19.6. The lowest BCUT2D eigenvalue weighted by Crippen LogP contribution is -2.49. The maximum atomic E-state index is 13.0. The second-order valence-electron chi connectivity index (χ2n) is 8.66. The molecule has 2 saturated heterocycles. The quantitative estimate of drug-likeness (QED) is 0.752. The Labute approximate surface area is 190 Å². The zero-order valence-electron chi connectivity index (χ0n) is 18.1. The first-order chi connectivity index (χ1) is 15.1. The van der Waals surface area contributed by atoms with E-state index < -0.39 is 0 Å². The fraction of sp³-hybridized carbons (Fsp3) is 0.480. The molecule has 4 rings (SSSR count). The van der Waals surface area contributed by atoms with Crippen LogP contribution in [0.3, 0.4) is 0 Å². The molecule has 0 bridgehead atoms. The van der Waals surface area contributed by atoms with Crippen LogP contribution in [0.4, 0.5) is 4.79 Å². The van der Waals surface area contributed by atoms with Crippen LogP contribution in [0.5, 0.6) is 0 Å². The van der Waals surface area contributed by atoms with E-state index in [9.17, 15) is 4.79 Å². The van der Waals surface area contributed by atoms with Crippen LogP contribution in [0, 0.1) is 0 Å². The molecule has 0 radical (unpaired) electrons. The van der Waals surface area contributed by atoms with E-state index in [1.54, 1.807) is 0 Å². The Morgan fingerprint density at radius 1 is 0.968 bits per heavy atom. The van der Waals surface area contributed by atoms with Crippen LogP contribution < -0.4 is 5.32 Å². The highest BCUT2D eigenvalue weighted by atomic mass is 35.5. The number of amides is 2. The van der Waals surface area contributed by atoms with E-state index in [0.29, 0.717) is 6.54 Å². The van der Waals surface area contributed by atoms with Crippen LogP contribution in [0.2, 0.25) is 5.02 Å². The molecule has 2 aromatic carbocycles. The summed E-state index contributed by atoms with van der Waals surface area (Å²) in [6, 6.07) is 18.6. The number of carbonyl (C=O) groups excluding carboxylic acids is 1. The Bertz CT molecular complexity index is 838. The summed E-state index contributed by atoms with van der Waals surface area (Å²) in [5, 5.41) is 4.02. The van der Waals surface area contributed by atoms with Crippen molar-refractivity contribution in [1.29, 1.82) is 0 Å². The van der Waals surface area contributed by atoms with Crippen molar-refractivity contribution < 1.29 is 9.53 Å². The summed E-state index contributed by atoms with van der Waals surface area (Å²) in [5.41, 5.74) is 2.51. The number of nitrogens with zero attached hydrogens (tertiary/aromatic N) is 2. The van der Waals surface area contributed by atoms with Crippen LogP contribution in [0.25, 0.3) is 0 Å². The molecule has 1 N–H and O–H groups in total. The summed E-state index contributed by atoms with van der Waals surface area (Å²) in [5.74, 6) is 0. The van der Waals surface area contributed by atoms with Gasteiger partial charge >= 0.3 is 6.03 Å². The zero-order chi connectivity index (χ0) is 21.5. The lowest BCUT2D eigenvalue weighted by molar-refractivity contribution is 0.0501. The largest absolute Gasteiger partial charge is 0.381 e. The first-order valence-electron chi connectivity index (χ1n) is 11.3. The minimum absolute atomic E-state index is 0.0400. The predicted molar refractivity (Wildman–Crippen MR) is 124 cm³/mol. The molecule has 5 nitrogen and oxygen atoms in total. The highest BCUT2D eigenvalue weighted by molar-refractivity contribution is 6.30. The number of ether oxygens (including phenoxy) is 1. The first-order valence-corrected chi connectivity index (χ1v) is 11.7. The third-order valence-corrected chi connectivity index (χ3v) is 6.86. The summed E-state index contributed by atoms with van der Waals surface area (Å²) in [6.45, 7) is 6.47. The third-order valence-electron chi connectivity index (χ3n) is 6.61. The molecule has 2 heterocycles. The Balaban J connectivity index is 1.32. The molecule has 0 atom stereocenters. The number of hydrogen-bond donors (Lipinski definition) is 1. The summed E-state index contributed by atoms with van der Waals surface area (Å²) >= 11 is 6.00. The molecule has 0 spiro atoms. The molecule has 2 aromatic rings. The average Bonchev–Trinajstić information content (AvgIpc) is 3.06. The summed E-state index contributed by atoms with van der Waals surface area (Å²) in [6.07, 6.45) is 2.86. The molecule has 0 unspecified atom stereocenters. The van der Waals surface area contributed by atoms with Gasteiger partial charge in [0.2, 0.25) is 0 Å². The second-order valence-corrected chi connectivity index (χ2v) is 9.10. The van der Waals surface area contributed by atoms with E-state index in [1.807, 2.05) is 23.1 Å². The second kappa shape index (κ2) is 10.5. The Morgan fingerprint density at radius 3 is 2.45 bits per heavy atom. The van der Waals surface area contributed by atoms with Crippen molar-refractivity contribution in [2.24, 2.45) is 0 Å². The number of nitrogens with one attached hydrogen (secondary N) is 1. The number of rotatable bonds is 5. The number of hydrogen-bond acceptors (Lipinski definition) is 3. The zero-order valence-corrected chi connectivity index (χ0v) is 18.8. The van der Waals surface area contributed by atoms with Gasteiger partial charge in [0.15, 0.2) is 0 Å². The van der Waals surface area contributed by atoms with E-state index in [-0.39, 0.29) is 11.4 Å². The van der Waals surface area contributed by atoms with Crippen molar-refractivity contribution in [3.8, 4) is 0 Å². The van der Waals surface area contributed by atoms with Gasteiger partial charge < -0.3 is 15.0 Å². The van der Waals surface area contributed by atoms with Gasteiger partial charge in [-0.15, -0.1) is 0 Å². The van der Waals surface area contributed by atoms with E-state index >= 15 is 0 Å². The van der Waals surface area contributed by atoms with Crippen LogP contribution in [0.15, 0.2) is 54.6 Å². The number of carbonyl (C=O) groups is 1. The standard InChI is InChI=1S/C25H32ClN3O2/c26-23-9-7-21(8-10-23)19-28-13-4-14-29(16-15-28)24(30)27-20-25(11-17-31-18-12-25)22-5-2-1-3-6-22/h1-3,5-10H,4,11-20H2,(H,27,30). The van der Waals surface area contributed by atoms with Gasteiger partial charge in [-0.2, -0.15) is 0 Å². The smallest absolute Gasteiger partial charge is 0.317 e. The van der Waals surface area contributed by atoms with Crippen LogP contribution in [0.1, 0.15) is 30.4 Å². The summed E-state index contributed by atoms with van der Waals surface area (Å²) in [7, 11) is 0. The molecule has 2 amide bonds. The topological polar surface area (TPSA) is 44.8 Å². The highest BCUT2D eigenvalue weighted by Crippen LogP contribution is 2.34. The molecule has 0 aliphatic carbocycles. The molecule has 0 aromatic heterocycles. The lowest BCUT2D eigenvalue weighted by atomic mass is 9.74. The maximum absolute atomic E-state index is 13.0. The number of halogens is 1. The van der Waals surface area contributed by atoms with Gasteiger partial charge in [-0.1, -0.05) is 54.1 Å². The highest BCUT2D eigenvalue weighted by Gasteiger charge is 2.35. The molecule has 2 fully saturated rings. The van der Waals surface area contributed by atoms with Gasteiger partial charge in [0.05, 0.1) is 0 Å². The van der Waals surface area contributed by atoms with Crippen molar-refractivity contribution in [1.82, 2.24) is 15.1 Å². The Morgan fingerprint density at radius 2 is 1.71 bits per heavy atom. The van der Waals surface area contributed by atoms with E-state index in [2.05, 4.69) is 46.6 Å². The fourth-order valence-corrected chi connectivity index (χ4v) is 4.78. The van der Waals surface area contributed by atoms with Crippen molar-refractivity contribution >= 4 is 17.6 Å². The monoisotopic (exact) mass is 441 g/mol. The molecule has 0 saturated carbocycles. The van der Waals surface area contributed by atoms with Gasteiger partial charge in [-0.3, -0.25) is 4.90 Å². The van der Waals surface area contributed by atoms with E-state index in [1.165, 1.54) is 11.1 Å². The van der Waals surface area contributed by atoms with Crippen LogP contribution in [-0.2, 0) is 16.7 Å². The van der Waals surface area contributed by atoms with Crippen molar-refractivity contribution in [3.63, 3.8) is 0 Å². The van der Waals surface area contributed by atoms with Crippen molar-refractivity contribution in [3.05, 3.63) is 70.7 Å². The molecule has 2 aliphatic heterocycles. The number of urea groups is 1. The average molecular weight is 442 g/mol. The Kier molecular flexibility index (Phi) is 7.49. The molecular weight excluding hydrogens is 410 g/mol. The minimum atomic E-state index is -0.0400. The molecule has 31 heavy (non-hydrogen) atoms. The molecular formula is C25H32ClN3O2. The van der Waals surface area contributed by atoms with Crippen molar-refractivity contribution in [2.75, 3.05) is 45.9 Å². The van der Waals surface area contributed by atoms with Gasteiger partial charge in [-0.05, 0) is 42.5 Å². The van der Waals surface area contributed by atoms with E-state index in [4.69, 9.17) is 16.3 Å². The van der Waals surface area contributed by atoms with Crippen molar-refractivity contribution in [2.45, 2.75) is 31.2 Å². The van der Waals surface area contributed by atoms with E-state index in [0.717, 1.165) is 70.2 Å². The van der Waals surface area contributed by atoms with Gasteiger partial charge in [0.1, 0.15) is 0 Å². The number of benzene rings is 2. The molecule has 6 heteroatoms. The van der Waals surface area contributed by atoms with Crippen LogP contribution in [-0.4, -0.2) is 61.8 Å².